The molecule has 0 bridgehead atoms. The number of rotatable bonds is 18. The molecule has 2 aromatic heterocycles. The Morgan fingerprint density at radius 2 is 1.78 bits per heavy atom. The van der Waals surface area contributed by atoms with Crippen molar-refractivity contribution in [3.05, 3.63) is 70.7 Å². The summed E-state index contributed by atoms with van der Waals surface area (Å²) in [5, 5.41) is 28.9. The van der Waals surface area contributed by atoms with Gasteiger partial charge in [-0.2, -0.15) is 0 Å². The normalized spacial score (nSPS) is 16.8. The zero-order valence-corrected chi connectivity index (χ0v) is 29.2. The smallest absolute Gasteiger partial charge is 0.311 e. The molecule has 268 valence electrons. The monoisotopic (exact) mass is 679 g/mol. The average Bonchev–Trinajstić information content (AvgIpc) is 3.11. The molecule has 0 spiro atoms. The van der Waals surface area contributed by atoms with Crippen LogP contribution in [0, 0.1) is 33.8 Å². The number of aliphatic hydroxyl groups excluding tert-OH is 1. The lowest BCUT2D eigenvalue weighted by Crippen LogP contribution is -2.53. The van der Waals surface area contributed by atoms with Gasteiger partial charge in [0.2, 0.25) is 17.6 Å². The maximum absolute atomic E-state index is 14.2. The number of carbonyl (C=O) groups excluding carboxylic acids is 3. The van der Waals surface area contributed by atoms with Gasteiger partial charge in [-0.1, -0.05) is 84.4 Å². The Morgan fingerprint density at radius 1 is 1.06 bits per heavy atom. The summed E-state index contributed by atoms with van der Waals surface area (Å²) < 4.78 is 0. The van der Waals surface area contributed by atoms with Crippen LogP contribution in [-0.4, -0.2) is 73.9 Å². The van der Waals surface area contributed by atoms with E-state index < -0.39 is 40.8 Å². The third kappa shape index (κ3) is 11.7. The predicted octanol–water partition coefficient (Wildman–Crippen LogP) is 4.87. The summed E-state index contributed by atoms with van der Waals surface area (Å²) in [6, 6.07) is 6.37. The van der Waals surface area contributed by atoms with Crippen molar-refractivity contribution in [2.45, 2.75) is 97.2 Å². The fourth-order valence-electron chi connectivity index (χ4n) is 6.18. The number of carbonyl (C=O) groups is 3. The molecule has 0 aliphatic heterocycles. The van der Waals surface area contributed by atoms with E-state index in [4.69, 9.17) is 5.73 Å². The number of aliphatic hydroxyl groups is 1. The minimum Gasteiger partial charge on any atom is -0.391 e. The molecule has 1 unspecified atom stereocenters. The number of imide groups is 1. The van der Waals surface area contributed by atoms with E-state index in [1.165, 1.54) is 30.9 Å². The fourth-order valence-corrected chi connectivity index (χ4v) is 6.18. The average molecular weight is 680 g/mol. The van der Waals surface area contributed by atoms with Crippen LogP contribution in [0.4, 0.5) is 11.5 Å². The topological polar surface area (TPSA) is 194 Å². The van der Waals surface area contributed by atoms with Crippen molar-refractivity contribution >= 4 is 29.2 Å². The molecule has 0 aromatic carbocycles. The van der Waals surface area contributed by atoms with E-state index in [0.29, 0.717) is 18.8 Å². The molecule has 2 aromatic rings. The summed E-state index contributed by atoms with van der Waals surface area (Å²) in [7, 11) is 0. The minimum absolute atomic E-state index is 0.0351. The molecule has 5 atom stereocenters. The van der Waals surface area contributed by atoms with Crippen LogP contribution in [0.1, 0.15) is 89.5 Å². The standard InChI is InChI=1S/C36H53N7O6/c1-5-25(4)32(37)36(47)42(21-12-11-19-39-33-30(43(48)49)17-13-20-40-33)35(46)27(24(2)3)23-31(44)29(22-26-14-7-6-8-15-26)41-34(45)28-16-9-10-18-38-28/h9-13,16-18,20,24-27,29,31-32,44H,5-8,14-15,19,21-23,37H2,1-4H3,(H,39,40)(H,41,45)/b12-11+/t25?,27-,29-,31-,32-/m0/s1. The Labute approximate surface area is 289 Å². The van der Waals surface area contributed by atoms with Gasteiger partial charge in [-0.3, -0.25) is 34.4 Å². The lowest BCUT2D eigenvalue weighted by molar-refractivity contribution is -0.384. The first-order valence-corrected chi connectivity index (χ1v) is 17.4. The molecule has 5 N–H and O–H groups in total. The van der Waals surface area contributed by atoms with Crippen LogP contribution in [0.3, 0.4) is 0 Å². The Morgan fingerprint density at radius 3 is 2.41 bits per heavy atom. The highest BCUT2D eigenvalue weighted by molar-refractivity contribution is 5.99. The number of hydrogen-bond donors (Lipinski definition) is 4. The molecule has 3 rings (SSSR count). The second-order valence-electron chi connectivity index (χ2n) is 13.4. The zero-order chi connectivity index (χ0) is 35.9. The molecule has 13 heteroatoms. The highest BCUT2D eigenvalue weighted by Gasteiger charge is 2.37. The highest BCUT2D eigenvalue weighted by atomic mass is 16.6. The Bertz CT molecular complexity index is 1400. The molecule has 1 saturated carbocycles. The van der Waals surface area contributed by atoms with Crippen LogP contribution in [0.5, 0.6) is 0 Å². The number of nitro groups is 1. The van der Waals surface area contributed by atoms with Crippen molar-refractivity contribution in [2.24, 2.45) is 29.4 Å². The molecular weight excluding hydrogens is 626 g/mol. The largest absolute Gasteiger partial charge is 0.391 e. The number of pyridine rings is 2. The van der Waals surface area contributed by atoms with Crippen molar-refractivity contribution in [3.63, 3.8) is 0 Å². The fraction of sp³-hybridized carbons (Fsp3) is 0.583. The van der Waals surface area contributed by atoms with E-state index in [1.54, 1.807) is 30.4 Å². The van der Waals surface area contributed by atoms with Gasteiger partial charge in [0.1, 0.15) is 5.69 Å². The van der Waals surface area contributed by atoms with Crippen LogP contribution in [0.2, 0.25) is 0 Å². The zero-order valence-electron chi connectivity index (χ0n) is 29.2. The predicted molar refractivity (Wildman–Crippen MR) is 188 cm³/mol. The van der Waals surface area contributed by atoms with E-state index in [1.807, 2.05) is 27.7 Å². The third-order valence-electron chi connectivity index (χ3n) is 9.51. The lowest BCUT2D eigenvalue weighted by Gasteiger charge is -2.34. The number of amides is 3. The van der Waals surface area contributed by atoms with Crippen molar-refractivity contribution < 1.29 is 24.4 Å². The SMILES string of the molecule is CCC(C)[C@H](N)C(=O)N(C/C=C/CNc1ncccc1[N+](=O)[O-])C(=O)[C@@H](C[C@H](O)[C@H](CC1CCCCC1)NC(=O)c1ccccn1)C(C)C. The van der Waals surface area contributed by atoms with Gasteiger partial charge in [0.05, 0.1) is 23.1 Å². The summed E-state index contributed by atoms with van der Waals surface area (Å²) in [5.41, 5.74) is 6.42. The number of nitrogens with zero attached hydrogens (tertiary/aromatic N) is 4. The lowest BCUT2D eigenvalue weighted by atomic mass is 9.81. The summed E-state index contributed by atoms with van der Waals surface area (Å²) >= 11 is 0. The molecule has 0 radical (unpaired) electrons. The van der Waals surface area contributed by atoms with Gasteiger partial charge in [0.25, 0.3) is 5.91 Å². The molecule has 1 fully saturated rings. The molecule has 1 aliphatic carbocycles. The van der Waals surface area contributed by atoms with Crippen LogP contribution < -0.4 is 16.4 Å². The number of anilines is 1. The van der Waals surface area contributed by atoms with E-state index >= 15 is 0 Å². The first kappa shape index (κ1) is 39.2. The second kappa shape index (κ2) is 19.7. The first-order valence-electron chi connectivity index (χ1n) is 17.4. The second-order valence-corrected chi connectivity index (χ2v) is 13.4. The Kier molecular flexibility index (Phi) is 15.8. The van der Waals surface area contributed by atoms with Crippen LogP contribution in [0.15, 0.2) is 54.9 Å². The van der Waals surface area contributed by atoms with Crippen molar-refractivity contribution in [1.29, 1.82) is 0 Å². The summed E-state index contributed by atoms with van der Waals surface area (Å²) in [4.78, 5) is 61.3. The van der Waals surface area contributed by atoms with Crippen molar-refractivity contribution in [3.8, 4) is 0 Å². The molecule has 1 aliphatic rings. The van der Waals surface area contributed by atoms with Crippen LogP contribution in [0.25, 0.3) is 0 Å². The van der Waals surface area contributed by atoms with E-state index in [0.717, 1.165) is 30.6 Å². The summed E-state index contributed by atoms with van der Waals surface area (Å²) in [5.74, 6) is -2.08. The summed E-state index contributed by atoms with van der Waals surface area (Å²) in [6.07, 6.45) is 11.9. The van der Waals surface area contributed by atoms with Gasteiger partial charge >= 0.3 is 5.69 Å². The highest BCUT2D eigenvalue weighted by Crippen LogP contribution is 2.30. The molecule has 3 amide bonds. The van der Waals surface area contributed by atoms with Crippen molar-refractivity contribution in [1.82, 2.24) is 20.2 Å². The van der Waals surface area contributed by atoms with E-state index in [-0.39, 0.29) is 54.5 Å². The number of nitrogens with two attached hydrogens (primary N) is 1. The third-order valence-corrected chi connectivity index (χ3v) is 9.51. The quantitative estimate of drug-likeness (QED) is 0.0959. The number of aromatic nitrogens is 2. The van der Waals surface area contributed by atoms with Gasteiger partial charge < -0.3 is 21.5 Å². The molecular formula is C36H53N7O6. The first-order chi connectivity index (χ1) is 23.4. The number of hydrogen-bond acceptors (Lipinski definition) is 10. The maximum atomic E-state index is 14.2. The minimum atomic E-state index is -1.06. The van der Waals surface area contributed by atoms with Gasteiger partial charge in [0.15, 0.2) is 0 Å². The Balaban J connectivity index is 1.81. The molecule has 0 saturated heterocycles. The van der Waals surface area contributed by atoms with E-state index in [2.05, 4.69) is 20.6 Å². The van der Waals surface area contributed by atoms with Gasteiger partial charge in [-0.05, 0) is 48.8 Å². The van der Waals surface area contributed by atoms with Gasteiger partial charge in [-0.25, -0.2) is 4.98 Å². The number of nitrogens with one attached hydrogen (secondary N) is 2. The van der Waals surface area contributed by atoms with Crippen molar-refractivity contribution in [2.75, 3.05) is 18.4 Å². The summed E-state index contributed by atoms with van der Waals surface area (Å²) in [6.45, 7) is 7.61. The molecule has 13 nitrogen and oxygen atoms in total. The molecule has 2 heterocycles. The van der Waals surface area contributed by atoms with Gasteiger partial charge in [0, 0.05) is 37.5 Å². The van der Waals surface area contributed by atoms with E-state index in [9.17, 15) is 29.6 Å². The Hall–Kier alpha value is -4.23. The van der Waals surface area contributed by atoms with Crippen LogP contribution in [-0.2, 0) is 9.59 Å². The van der Waals surface area contributed by atoms with Crippen LogP contribution >= 0.6 is 0 Å². The maximum Gasteiger partial charge on any atom is 0.311 e. The molecule has 49 heavy (non-hydrogen) atoms. The van der Waals surface area contributed by atoms with Gasteiger partial charge in [-0.15, -0.1) is 0 Å².